The highest BCUT2D eigenvalue weighted by molar-refractivity contribution is 7.19. The molecule has 0 spiro atoms. The molecule has 4 nitrogen and oxygen atoms in total. The van der Waals surface area contributed by atoms with Gasteiger partial charge in [0.15, 0.2) is 5.82 Å². The number of hydrogen-bond donors (Lipinski definition) is 0. The molecule has 0 radical (unpaired) electrons. The van der Waals surface area contributed by atoms with Crippen LogP contribution in [0.5, 0.6) is 0 Å². The summed E-state index contributed by atoms with van der Waals surface area (Å²) in [5.74, 6) is 1.94. The van der Waals surface area contributed by atoms with Gasteiger partial charge in [0.25, 0.3) is 0 Å². The van der Waals surface area contributed by atoms with Gasteiger partial charge in [-0.25, -0.2) is 9.97 Å². The van der Waals surface area contributed by atoms with Gasteiger partial charge in [0, 0.05) is 25.1 Å². The zero-order valence-electron chi connectivity index (χ0n) is 12.7. The van der Waals surface area contributed by atoms with Crippen LogP contribution in [0.2, 0.25) is 0 Å². The minimum atomic E-state index is 0.490. The molecule has 5 heteroatoms. The van der Waals surface area contributed by atoms with Crippen molar-refractivity contribution in [2.75, 3.05) is 19.1 Å². The molecule has 2 aliphatic rings. The molecule has 2 aromatic heterocycles. The Morgan fingerprint density at radius 3 is 2.81 bits per heavy atom. The van der Waals surface area contributed by atoms with Crippen molar-refractivity contribution >= 4 is 27.4 Å². The smallest absolute Gasteiger partial charge is 0.158 e. The zero-order chi connectivity index (χ0) is 14.4. The molecule has 2 heterocycles. The Hall–Kier alpha value is -1.20. The molecule has 0 aliphatic heterocycles. The number of methoxy groups -OCH3 is 1. The predicted molar refractivity (Wildman–Crippen MR) is 86.2 cm³/mol. The van der Waals surface area contributed by atoms with Gasteiger partial charge in [-0.2, -0.15) is 0 Å². The minimum absolute atomic E-state index is 0.490. The second kappa shape index (κ2) is 5.21. The average molecular weight is 303 g/mol. The van der Waals surface area contributed by atoms with Crippen molar-refractivity contribution in [3.63, 3.8) is 0 Å². The second-order valence-electron chi connectivity index (χ2n) is 6.13. The van der Waals surface area contributed by atoms with E-state index < -0.39 is 0 Å². The number of anilines is 1. The maximum Gasteiger partial charge on any atom is 0.158 e. The Labute approximate surface area is 129 Å². The van der Waals surface area contributed by atoms with E-state index in [1.165, 1.54) is 54.4 Å². The van der Waals surface area contributed by atoms with Gasteiger partial charge in [-0.05, 0) is 44.1 Å². The Morgan fingerprint density at radius 1 is 1.24 bits per heavy atom. The van der Waals surface area contributed by atoms with Gasteiger partial charge in [-0.15, -0.1) is 11.3 Å². The van der Waals surface area contributed by atoms with Crippen molar-refractivity contribution in [3.8, 4) is 0 Å². The SMILES string of the molecule is COCc1nc(N(C)C2CC2)c2c3c(sc2n1)CCCC3. The first-order chi connectivity index (χ1) is 10.3. The molecule has 0 N–H and O–H groups in total. The lowest BCUT2D eigenvalue weighted by atomic mass is 9.97. The molecule has 21 heavy (non-hydrogen) atoms. The normalized spacial score (nSPS) is 18.0. The van der Waals surface area contributed by atoms with Gasteiger partial charge in [-0.1, -0.05) is 0 Å². The Balaban J connectivity index is 1.91. The largest absolute Gasteiger partial charge is 0.377 e. The summed E-state index contributed by atoms with van der Waals surface area (Å²) < 4.78 is 5.25. The van der Waals surface area contributed by atoms with Crippen LogP contribution in [0.3, 0.4) is 0 Å². The third-order valence-electron chi connectivity index (χ3n) is 4.54. The van der Waals surface area contributed by atoms with E-state index in [0.29, 0.717) is 12.6 Å². The lowest BCUT2D eigenvalue weighted by Gasteiger charge is -2.20. The van der Waals surface area contributed by atoms with Gasteiger partial charge < -0.3 is 9.64 Å². The quantitative estimate of drug-likeness (QED) is 0.868. The highest BCUT2D eigenvalue weighted by Crippen LogP contribution is 2.41. The van der Waals surface area contributed by atoms with Crippen LogP contribution in [0.4, 0.5) is 5.82 Å². The van der Waals surface area contributed by atoms with E-state index in [-0.39, 0.29) is 0 Å². The van der Waals surface area contributed by atoms with Crippen LogP contribution < -0.4 is 4.90 Å². The molecular formula is C16H21N3OS. The van der Waals surface area contributed by atoms with Gasteiger partial charge in [0.1, 0.15) is 17.3 Å². The molecule has 1 fully saturated rings. The van der Waals surface area contributed by atoms with E-state index in [2.05, 4.69) is 11.9 Å². The summed E-state index contributed by atoms with van der Waals surface area (Å²) in [6, 6.07) is 0.664. The molecule has 2 aromatic rings. The van der Waals surface area contributed by atoms with E-state index in [1.54, 1.807) is 7.11 Å². The van der Waals surface area contributed by atoms with Crippen molar-refractivity contribution in [1.82, 2.24) is 9.97 Å². The molecule has 0 atom stereocenters. The van der Waals surface area contributed by atoms with E-state index in [0.717, 1.165) is 16.5 Å². The van der Waals surface area contributed by atoms with Crippen LogP contribution in [0.1, 0.15) is 41.9 Å². The Morgan fingerprint density at radius 2 is 2.05 bits per heavy atom. The van der Waals surface area contributed by atoms with Crippen molar-refractivity contribution in [2.45, 2.75) is 51.2 Å². The number of nitrogens with zero attached hydrogens (tertiary/aromatic N) is 3. The summed E-state index contributed by atoms with van der Waals surface area (Å²) in [7, 11) is 3.89. The van der Waals surface area contributed by atoms with Gasteiger partial charge in [0.05, 0.1) is 5.39 Å². The first-order valence-corrected chi connectivity index (χ1v) is 8.62. The molecule has 2 aliphatic carbocycles. The summed E-state index contributed by atoms with van der Waals surface area (Å²) in [4.78, 5) is 14.6. The standard InChI is InChI=1S/C16H21N3OS/c1-19(10-7-8-10)15-14-11-5-3-4-6-12(11)21-16(14)18-13(17-15)9-20-2/h10H,3-9H2,1-2H3. The Bertz CT molecular complexity index is 678. The maximum atomic E-state index is 5.25. The van der Waals surface area contributed by atoms with Gasteiger partial charge >= 0.3 is 0 Å². The lowest BCUT2D eigenvalue weighted by Crippen LogP contribution is -2.22. The van der Waals surface area contributed by atoms with Crippen molar-refractivity contribution in [1.29, 1.82) is 0 Å². The Kier molecular flexibility index (Phi) is 3.34. The number of aryl methyl sites for hydroxylation is 2. The van der Waals surface area contributed by atoms with Gasteiger partial charge in [-0.3, -0.25) is 0 Å². The first kappa shape index (κ1) is 13.5. The number of aromatic nitrogens is 2. The fourth-order valence-corrected chi connectivity index (χ4v) is 4.54. The topological polar surface area (TPSA) is 38.2 Å². The number of fused-ring (bicyclic) bond motifs is 3. The summed E-state index contributed by atoms with van der Waals surface area (Å²) >= 11 is 1.87. The molecular weight excluding hydrogens is 282 g/mol. The fraction of sp³-hybridized carbons (Fsp3) is 0.625. The maximum absolute atomic E-state index is 5.25. The number of ether oxygens (including phenoxy) is 1. The first-order valence-electron chi connectivity index (χ1n) is 7.81. The van der Waals surface area contributed by atoms with Crippen LogP contribution in [0.15, 0.2) is 0 Å². The third-order valence-corrected chi connectivity index (χ3v) is 5.73. The van der Waals surface area contributed by atoms with E-state index in [9.17, 15) is 0 Å². The molecule has 1 saturated carbocycles. The minimum Gasteiger partial charge on any atom is -0.377 e. The highest BCUT2D eigenvalue weighted by atomic mass is 32.1. The fourth-order valence-electron chi connectivity index (χ4n) is 3.26. The summed E-state index contributed by atoms with van der Waals surface area (Å²) in [6.07, 6.45) is 7.58. The highest BCUT2D eigenvalue weighted by Gasteiger charge is 2.30. The molecule has 4 rings (SSSR count). The van der Waals surface area contributed by atoms with E-state index in [4.69, 9.17) is 14.7 Å². The van der Waals surface area contributed by atoms with Crippen LogP contribution in [0, 0.1) is 0 Å². The molecule has 112 valence electrons. The molecule has 0 amide bonds. The molecule has 0 aromatic carbocycles. The van der Waals surface area contributed by atoms with Crippen LogP contribution in [0.25, 0.3) is 10.2 Å². The monoisotopic (exact) mass is 303 g/mol. The summed E-state index contributed by atoms with van der Waals surface area (Å²) in [6.45, 7) is 0.490. The number of hydrogen-bond acceptors (Lipinski definition) is 5. The zero-order valence-corrected chi connectivity index (χ0v) is 13.5. The van der Waals surface area contributed by atoms with Crippen LogP contribution >= 0.6 is 11.3 Å². The number of rotatable bonds is 4. The van der Waals surface area contributed by atoms with Crippen molar-refractivity contribution < 1.29 is 4.74 Å². The average Bonchev–Trinajstić information content (AvgIpc) is 3.27. The summed E-state index contributed by atoms with van der Waals surface area (Å²) in [5, 5.41) is 1.32. The van der Waals surface area contributed by atoms with E-state index in [1.807, 2.05) is 11.3 Å². The van der Waals surface area contributed by atoms with E-state index >= 15 is 0 Å². The number of thiophene rings is 1. The molecule has 0 saturated heterocycles. The third kappa shape index (κ3) is 2.32. The van der Waals surface area contributed by atoms with Gasteiger partial charge in [0.2, 0.25) is 0 Å². The second-order valence-corrected chi connectivity index (χ2v) is 7.21. The predicted octanol–water partition coefficient (Wildman–Crippen LogP) is 3.32. The lowest BCUT2D eigenvalue weighted by molar-refractivity contribution is 0.178. The van der Waals surface area contributed by atoms with Crippen LogP contribution in [-0.2, 0) is 24.2 Å². The van der Waals surface area contributed by atoms with Crippen molar-refractivity contribution in [2.24, 2.45) is 0 Å². The molecule has 0 unspecified atom stereocenters. The van der Waals surface area contributed by atoms with Crippen molar-refractivity contribution in [3.05, 3.63) is 16.3 Å². The molecule has 0 bridgehead atoms. The summed E-state index contributed by atoms with van der Waals surface area (Å²) in [5.41, 5.74) is 1.52. The van der Waals surface area contributed by atoms with Crippen LogP contribution in [-0.4, -0.2) is 30.2 Å².